The van der Waals surface area contributed by atoms with Gasteiger partial charge in [0.15, 0.2) is 11.5 Å². The lowest BCUT2D eigenvalue weighted by atomic mass is 10.1. The summed E-state index contributed by atoms with van der Waals surface area (Å²) in [6, 6.07) is 5.65. The third-order valence-electron chi connectivity index (χ3n) is 3.06. The van der Waals surface area contributed by atoms with Crippen molar-refractivity contribution >= 4 is 5.82 Å². The van der Waals surface area contributed by atoms with Crippen molar-refractivity contribution in [3.05, 3.63) is 36.3 Å². The van der Waals surface area contributed by atoms with E-state index in [2.05, 4.69) is 15.3 Å². The molecule has 0 aliphatic carbocycles. The van der Waals surface area contributed by atoms with E-state index in [9.17, 15) is 0 Å². The number of nitrogens with zero attached hydrogens (tertiary/aromatic N) is 2. The molecule has 0 radical (unpaired) electrons. The smallest absolute Gasteiger partial charge is 0.231 e. The summed E-state index contributed by atoms with van der Waals surface area (Å²) < 4.78 is 16.1. The molecular formula is C14H15N3O3. The maximum absolute atomic E-state index is 5.38. The van der Waals surface area contributed by atoms with Crippen LogP contribution in [0.5, 0.6) is 17.2 Å². The van der Waals surface area contributed by atoms with Gasteiger partial charge in [0, 0.05) is 18.8 Å². The number of hydrogen-bond donors (Lipinski definition) is 1. The van der Waals surface area contributed by atoms with E-state index in [-0.39, 0.29) is 6.79 Å². The van der Waals surface area contributed by atoms with Gasteiger partial charge in [0.25, 0.3) is 0 Å². The third kappa shape index (κ3) is 2.59. The first-order valence-corrected chi connectivity index (χ1v) is 6.33. The highest BCUT2D eigenvalue weighted by atomic mass is 16.7. The highest BCUT2D eigenvalue weighted by Crippen LogP contribution is 2.38. The van der Waals surface area contributed by atoms with Gasteiger partial charge in [0.1, 0.15) is 17.9 Å². The number of ether oxygens (including phenoxy) is 3. The Balaban J connectivity index is 1.68. The number of methoxy groups -OCH3 is 1. The molecule has 3 rings (SSSR count). The van der Waals surface area contributed by atoms with E-state index in [0.29, 0.717) is 0 Å². The maximum Gasteiger partial charge on any atom is 0.231 e. The molecule has 1 N–H and O–H groups in total. The van der Waals surface area contributed by atoms with Gasteiger partial charge in [-0.25, -0.2) is 9.97 Å². The Labute approximate surface area is 116 Å². The molecule has 0 saturated heterocycles. The Kier molecular flexibility index (Phi) is 3.54. The van der Waals surface area contributed by atoms with Crippen LogP contribution in [0.1, 0.15) is 5.56 Å². The topological polar surface area (TPSA) is 65.5 Å². The lowest BCUT2D eigenvalue weighted by molar-refractivity contribution is 0.174. The average molecular weight is 273 g/mol. The van der Waals surface area contributed by atoms with Crippen molar-refractivity contribution in [2.45, 2.75) is 6.42 Å². The summed E-state index contributed by atoms with van der Waals surface area (Å²) in [7, 11) is 1.65. The molecule has 6 heteroatoms. The summed E-state index contributed by atoms with van der Waals surface area (Å²) in [5, 5.41) is 3.23. The van der Waals surface area contributed by atoms with Crippen molar-refractivity contribution in [1.82, 2.24) is 9.97 Å². The second-order valence-electron chi connectivity index (χ2n) is 4.29. The van der Waals surface area contributed by atoms with E-state index in [0.717, 1.165) is 41.6 Å². The van der Waals surface area contributed by atoms with E-state index in [1.54, 1.807) is 13.3 Å². The lowest BCUT2D eigenvalue weighted by Gasteiger charge is -2.10. The zero-order valence-corrected chi connectivity index (χ0v) is 11.1. The monoisotopic (exact) mass is 273 g/mol. The van der Waals surface area contributed by atoms with Gasteiger partial charge in [0.2, 0.25) is 6.79 Å². The number of anilines is 1. The van der Waals surface area contributed by atoms with Crippen LogP contribution in [0.3, 0.4) is 0 Å². The summed E-state index contributed by atoms with van der Waals surface area (Å²) in [6.45, 7) is 1.01. The van der Waals surface area contributed by atoms with Gasteiger partial charge in [0.05, 0.1) is 7.11 Å². The molecule has 1 aliphatic rings. The Bertz CT molecular complexity index is 590. The van der Waals surface area contributed by atoms with Gasteiger partial charge < -0.3 is 19.5 Å². The van der Waals surface area contributed by atoms with Crippen molar-refractivity contribution in [2.24, 2.45) is 0 Å². The molecular weight excluding hydrogens is 258 g/mol. The molecule has 0 amide bonds. The highest BCUT2D eigenvalue weighted by molar-refractivity contribution is 5.52. The number of aromatic nitrogens is 2. The molecule has 1 aromatic heterocycles. The van der Waals surface area contributed by atoms with E-state index < -0.39 is 0 Å². The molecule has 0 spiro atoms. The number of nitrogens with one attached hydrogen (secondary N) is 1. The SMILES string of the molecule is COc1cc2c(cc1CCNc1ccncn1)OCO2. The van der Waals surface area contributed by atoms with Crippen molar-refractivity contribution in [3.63, 3.8) is 0 Å². The van der Waals surface area contributed by atoms with E-state index >= 15 is 0 Å². The summed E-state index contributed by atoms with van der Waals surface area (Å²) in [4.78, 5) is 7.99. The Morgan fingerprint density at radius 2 is 2.15 bits per heavy atom. The fraction of sp³-hybridized carbons (Fsp3) is 0.286. The van der Waals surface area contributed by atoms with Crippen LogP contribution < -0.4 is 19.5 Å². The quantitative estimate of drug-likeness (QED) is 0.897. The van der Waals surface area contributed by atoms with E-state index in [4.69, 9.17) is 14.2 Å². The molecule has 0 saturated carbocycles. The van der Waals surface area contributed by atoms with Gasteiger partial charge in [-0.05, 0) is 24.1 Å². The highest BCUT2D eigenvalue weighted by Gasteiger charge is 2.17. The van der Waals surface area contributed by atoms with Crippen molar-refractivity contribution in [1.29, 1.82) is 0 Å². The second kappa shape index (κ2) is 5.64. The average Bonchev–Trinajstić information content (AvgIpc) is 2.94. The van der Waals surface area contributed by atoms with Gasteiger partial charge >= 0.3 is 0 Å². The van der Waals surface area contributed by atoms with Crippen LogP contribution in [0.4, 0.5) is 5.82 Å². The molecule has 0 atom stereocenters. The number of fused-ring (bicyclic) bond motifs is 1. The molecule has 1 aromatic carbocycles. The summed E-state index contributed by atoms with van der Waals surface area (Å²) in [5.41, 5.74) is 1.07. The first-order chi connectivity index (χ1) is 9.86. The maximum atomic E-state index is 5.38. The van der Waals surface area contributed by atoms with Crippen LogP contribution in [0.15, 0.2) is 30.7 Å². The molecule has 2 aromatic rings. The number of rotatable bonds is 5. The Morgan fingerprint density at radius 3 is 2.90 bits per heavy atom. The minimum absolute atomic E-state index is 0.265. The fourth-order valence-corrected chi connectivity index (χ4v) is 2.07. The van der Waals surface area contributed by atoms with E-state index in [1.807, 2.05) is 18.2 Å². The zero-order valence-electron chi connectivity index (χ0n) is 11.1. The van der Waals surface area contributed by atoms with Crippen molar-refractivity contribution in [3.8, 4) is 17.2 Å². The van der Waals surface area contributed by atoms with Crippen LogP contribution in [-0.4, -0.2) is 30.4 Å². The molecule has 0 bridgehead atoms. The first kappa shape index (κ1) is 12.5. The van der Waals surface area contributed by atoms with Crippen LogP contribution in [0.2, 0.25) is 0 Å². The molecule has 20 heavy (non-hydrogen) atoms. The molecule has 104 valence electrons. The van der Waals surface area contributed by atoms with Gasteiger partial charge in [-0.2, -0.15) is 0 Å². The third-order valence-corrected chi connectivity index (χ3v) is 3.06. The second-order valence-corrected chi connectivity index (χ2v) is 4.29. The minimum Gasteiger partial charge on any atom is -0.496 e. The standard InChI is InChI=1S/C14H15N3O3/c1-18-11-7-13-12(19-9-20-13)6-10(11)2-5-16-14-3-4-15-8-17-14/h3-4,6-8H,2,5,9H2,1H3,(H,15,16,17). The summed E-state index contributed by atoms with van der Waals surface area (Å²) in [5.74, 6) is 3.11. The Hall–Kier alpha value is -2.50. The number of benzene rings is 1. The fourth-order valence-electron chi connectivity index (χ4n) is 2.07. The number of hydrogen-bond acceptors (Lipinski definition) is 6. The van der Waals surface area contributed by atoms with Crippen LogP contribution in [-0.2, 0) is 6.42 Å². The molecule has 2 heterocycles. The molecule has 0 unspecified atom stereocenters. The van der Waals surface area contributed by atoms with Crippen molar-refractivity contribution in [2.75, 3.05) is 25.8 Å². The molecule has 1 aliphatic heterocycles. The summed E-state index contributed by atoms with van der Waals surface area (Å²) >= 11 is 0. The Morgan fingerprint density at radius 1 is 1.30 bits per heavy atom. The molecule has 6 nitrogen and oxygen atoms in total. The van der Waals surface area contributed by atoms with E-state index in [1.165, 1.54) is 6.33 Å². The first-order valence-electron chi connectivity index (χ1n) is 6.33. The molecule has 0 fully saturated rings. The normalized spacial score (nSPS) is 12.2. The van der Waals surface area contributed by atoms with Crippen LogP contribution in [0.25, 0.3) is 0 Å². The predicted molar refractivity (Wildman–Crippen MR) is 73.3 cm³/mol. The van der Waals surface area contributed by atoms with Crippen molar-refractivity contribution < 1.29 is 14.2 Å². The predicted octanol–water partition coefficient (Wildman–Crippen LogP) is 1.87. The minimum atomic E-state index is 0.265. The zero-order chi connectivity index (χ0) is 13.8. The van der Waals surface area contributed by atoms with Gasteiger partial charge in [-0.1, -0.05) is 0 Å². The van der Waals surface area contributed by atoms with Crippen LogP contribution >= 0.6 is 0 Å². The lowest BCUT2D eigenvalue weighted by Crippen LogP contribution is -2.07. The van der Waals surface area contributed by atoms with Gasteiger partial charge in [-0.15, -0.1) is 0 Å². The summed E-state index contributed by atoms with van der Waals surface area (Å²) in [6.07, 6.45) is 4.02. The van der Waals surface area contributed by atoms with Gasteiger partial charge in [-0.3, -0.25) is 0 Å². The van der Waals surface area contributed by atoms with Crippen LogP contribution in [0, 0.1) is 0 Å². The largest absolute Gasteiger partial charge is 0.496 e.